The van der Waals surface area contributed by atoms with Gasteiger partial charge >= 0.3 is 0 Å². The minimum atomic E-state index is -4.30. The Balaban J connectivity index is 0.000000380. The van der Waals surface area contributed by atoms with E-state index in [-0.39, 0.29) is 27.0 Å². The first-order valence-electron chi connectivity index (χ1n) is 15.9. The highest BCUT2D eigenvalue weighted by Crippen LogP contribution is 2.35. The molecule has 1 aromatic heterocycles. The Hall–Kier alpha value is -4.31. The summed E-state index contributed by atoms with van der Waals surface area (Å²) < 4.78 is 49.9. The number of rotatable bonds is 9. The van der Waals surface area contributed by atoms with Crippen molar-refractivity contribution in [2.24, 2.45) is 0 Å². The summed E-state index contributed by atoms with van der Waals surface area (Å²) in [6.07, 6.45) is 3.56. The second-order valence-electron chi connectivity index (χ2n) is 13.5. The van der Waals surface area contributed by atoms with Crippen LogP contribution in [0.5, 0.6) is 17.2 Å². The van der Waals surface area contributed by atoms with E-state index < -0.39 is 10.1 Å². The van der Waals surface area contributed by atoms with Gasteiger partial charge < -0.3 is 18.8 Å². The molecule has 49 heavy (non-hydrogen) atoms. The molecule has 0 aliphatic heterocycles. The third-order valence-corrected chi connectivity index (χ3v) is 10.0. The van der Waals surface area contributed by atoms with Crippen molar-refractivity contribution in [3.8, 4) is 17.2 Å². The zero-order valence-corrected chi connectivity index (χ0v) is 31.0. The maximum atomic E-state index is 10.6. The molecule has 5 aromatic rings. The van der Waals surface area contributed by atoms with Crippen molar-refractivity contribution < 1.29 is 27.2 Å². The number of nitrogens with zero attached hydrogens (tertiary/aromatic N) is 1. The monoisotopic (exact) mass is 699 g/mol. The number of pyridine rings is 1. The van der Waals surface area contributed by atoms with Gasteiger partial charge in [0, 0.05) is 12.4 Å². The molecule has 0 aliphatic rings. The lowest BCUT2D eigenvalue weighted by molar-refractivity contribution is 0.130. The summed E-state index contributed by atoms with van der Waals surface area (Å²) in [6.45, 7) is 16.3. The van der Waals surface area contributed by atoms with Crippen molar-refractivity contribution in [2.45, 2.75) is 92.8 Å². The second-order valence-corrected chi connectivity index (χ2v) is 16.9. The first-order valence-corrected chi connectivity index (χ1v) is 18.6. The van der Waals surface area contributed by atoms with Crippen LogP contribution < -0.4 is 14.2 Å². The van der Waals surface area contributed by atoms with Crippen molar-refractivity contribution in [1.29, 1.82) is 0 Å². The maximum Gasteiger partial charge on any atom is 0.166 e. The first-order chi connectivity index (χ1) is 23.0. The number of ether oxygens (including phenoxy) is 3. The number of hydrogen-bond donors (Lipinski definition) is 0. The van der Waals surface area contributed by atoms with Gasteiger partial charge in [-0.05, 0) is 158 Å². The molecule has 1 heterocycles. The number of aryl methyl sites for hydroxylation is 2. The molecule has 9 heteroatoms. The Bertz CT molecular complexity index is 1840. The lowest BCUT2D eigenvalue weighted by Crippen LogP contribution is -2.23. The molecule has 0 N–H and O–H groups in total. The van der Waals surface area contributed by atoms with Gasteiger partial charge in [-0.3, -0.25) is 4.98 Å². The van der Waals surface area contributed by atoms with E-state index in [1.54, 1.807) is 31.5 Å². The molecule has 0 saturated carbocycles. The van der Waals surface area contributed by atoms with Crippen LogP contribution in [0, 0.1) is 13.8 Å². The van der Waals surface area contributed by atoms with E-state index in [1.807, 2.05) is 31.2 Å². The molecule has 0 atom stereocenters. The van der Waals surface area contributed by atoms with Crippen LogP contribution in [0.4, 0.5) is 0 Å². The molecule has 0 bridgehead atoms. The van der Waals surface area contributed by atoms with E-state index in [2.05, 4.69) is 107 Å². The zero-order chi connectivity index (χ0) is 35.8. The van der Waals surface area contributed by atoms with Crippen LogP contribution >= 0.6 is 0 Å². The quantitative estimate of drug-likeness (QED) is 0.112. The highest BCUT2D eigenvalue weighted by atomic mass is 32.2. The molecule has 0 saturated heterocycles. The summed E-state index contributed by atoms with van der Waals surface area (Å²) in [7, 11) is -4.60. The molecule has 0 radical (unpaired) electrons. The molecule has 0 aliphatic carbocycles. The Kier molecular flexibility index (Phi) is 12.2. The molecule has 258 valence electrons. The van der Waals surface area contributed by atoms with Crippen LogP contribution in [0.2, 0.25) is 0 Å². The minimum absolute atomic E-state index is 0.131. The van der Waals surface area contributed by atoms with Crippen LogP contribution in [0.25, 0.3) is 0 Å². The van der Waals surface area contributed by atoms with Gasteiger partial charge in [0.1, 0.15) is 45.2 Å². The standard InChI is InChI=1S/C32H36NO3S.C8H10O3S/c1-31(2,3)35-26-9-15-29(16-10-26)37(30-17-11-27(12-18-30)36-32(4,5)6)28-13-7-25(8-14-28)34-23-24-19-21-33-22-20-24;1-6-3-4-8(7(2)5-6)12(9,10)11/h7-22H,23H2,1-6H3;3-5H,1-2H3,(H,9,10,11)/q+1;/p-1. The fraction of sp³-hybridized carbons (Fsp3) is 0.275. The fourth-order valence-electron chi connectivity index (χ4n) is 4.80. The molecule has 5 rings (SSSR count). The summed E-state index contributed by atoms with van der Waals surface area (Å²) in [5.41, 5.74) is 2.06. The normalized spacial score (nSPS) is 11.8. The molecular weight excluding hydrogens is 655 g/mol. The van der Waals surface area contributed by atoms with E-state index in [0.717, 1.165) is 28.4 Å². The van der Waals surface area contributed by atoms with Gasteiger partial charge in [-0.15, -0.1) is 0 Å². The Morgan fingerprint density at radius 3 is 1.45 bits per heavy atom. The average Bonchev–Trinajstić information content (AvgIpc) is 3.01. The van der Waals surface area contributed by atoms with Crippen molar-refractivity contribution >= 4 is 21.0 Å². The van der Waals surface area contributed by atoms with Crippen molar-refractivity contribution in [3.05, 3.63) is 132 Å². The SMILES string of the molecule is CC(C)(C)Oc1ccc([S+](c2ccc(OCc3ccncc3)cc2)c2ccc(OC(C)(C)C)cc2)cc1.Cc1ccc(S(=O)(=O)[O-])c(C)c1. The number of hydrogen-bond acceptors (Lipinski definition) is 7. The Labute approximate surface area is 294 Å². The van der Waals surface area contributed by atoms with Crippen LogP contribution in [-0.2, 0) is 27.6 Å². The predicted molar refractivity (Wildman–Crippen MR) is 195 cm³/mol. The van der Waals surface area contributed by atoms with Gasteiger partial charge in [-0.2, -0.15) is 0 Å². The van der Waals surface area contributed by atoms with Crippen LogP contribution in [-0.4, -0.2) is 29.2 Å². The largest absolute Gasteiger partial charge is 0.744 e. The zero-order valence-electron chi connectivity index (χ0n) is 29.4. The molecule has 0 spiro atoms. The molecule has 7 nitrogen and oxygen atoms in total. The summed E-state index contributed by atoms with van der Waals surface area (Å²) in [4.78, 5) is 7.58. The topological polar surface area (TPSA) is 97.8 Å². The minimum Gasteiger partial charge on any atom is -0.744 e. The van der Waals surface area contributed by atoms with Crippen molar-refractivity contribution in [3.63, 3.8) is 0 Å². The van der Waals surface area contributed by atoms with E-state index in [9.17, 15) is 13.0 Å². The van der Waals surface area contributed by atoms with E-state index in [0.29, 0.717) is 12.2 Å². The van der Waals surface area contributed by atoms with Gasteiger partial charge in [0.15, 0.2) is 14.7 Å². The van der Waals surface area contributed by atoms with Crippen LogP contribution in [0.15, 0.2) is 135 Å². The summed E-state index contributed by atoms with van der Waals surface area (Å²) in [5.74, 6) is 2.58. The van der Waals surface area contributed by atoms with Gasteiger partial charge in [-0.25, -0.2) is 8.42 Å². The molecular formula is C40H45NO6S2. The predicted octanol–water partition coefficient (Wildman–Crippen LogP) is 9.32. The van der Waals surface area contributed by atoms with Gasteiger partial charge in [-0.1, -0.05) is 17.7 Å². The van der Waals surface area contributed by atoms with Crippen molar-refractivity contribution in [2.75, 3.05) is 0 Å². The third kappa shape index (κ3) is 12.0. The second kappa shape index (κ2) is 15.9. The fourth-order valence-corrected chi connectivity index (χ4v) is 7.53. The Morgan fingerprint density at radius 2 is 1.06 bits per heavy atom. The summed E-state index contributed by atoms with van der Waals surface area (Å²) >= 11 is 0. The van der Waals surface area contributed by atoms with Crippen LogP contribution in [0.1, 0.15) is 58.2 Å². The molecule has 0 unspecified atom stereocenters. The number of aromatic nitrogens is 1. The molecule has 0 fully saturated rings. The molecule has 4 aromatic carbocycles. The average molecular weight is 700 g/mol. The van der Waals surface area contributed by atoms with E-state index in [1.165, 1.54) is 20.8 Å². The summed E-state index contributed by atoms with van der Waals surface area (Å²) in [6, 6.07) is 33.8. The number of benzene rings is 4. The van der Waals surface area contributed by atoms with Crippen molar-refractivity contribution in [1.82, 2.24) is 4.98 Å². The summed E-state index contributed by atoms with van der Waals surface area (Å²) in [5, 5.41) is 0. The Morgan fingerprint density at radius 1 is 0.633 bits per heavy atom. The smallest absolute Gasteiger partial charge is 0.166 e. The van der Waals surface area contributed by atoms with E-state index >= 15 is 0 Å². The maximum absolute atomic E-state index is 10.6. The van der Waals surface area contributed by atoms with Gasteiger partial charge in [0.05, 0.1) is 15.8 Å². The highest BCUT2D eigenvalue weighted by Gasteiger charge is 2.29. The first kappa shape index (κ1) is 37.5. The highest BCUT2D eigenvalue weighted by molar-refractivity contribution is 7.97. The molecule has 0 amide bonds. The lowest BCUT2D eigenvalue weighted by Gasteiger charge is -2.21. The lowest BCUT2D eigenvalue weighted by atomic mass is 10.2. The van der Waals surface area contributed by atoms with Gasteiger partial charge in [0.25, 0.3) is 0 Å². The third-order valence-electron chi connectivity index (χ3n) is 6.78. The van der Waals surface area contributed by atoms with Crippen LogP contribution in [0.3, 0.4) is 0 Å². The van der Waals surface area contributed by atoms with Gasteiger partial charge in [0.2, 0.25) is 0 Å². The van der Waals surface area contributed by atoms with E-state index in [4.69, 9.17) is 14.2 Å².